The van der Waals surface area contributed by atoms with Crippen molar-refractivity contribution in [3.63, 3.8) is 0 Å². The molecule has 6 nitrogen and oxygen atoms in total. The summed E-state index contributed by atoms with van der Waals surface area (Å²) in [5.41, 5.74) is 0. The van der Waals surface area contributed by atoms with Crippen molar-refractivity contribution in [2.75, 3.05) is 13.2 Å². The van der Waals surface area contributed by atoms with Crippen LogP contribution in [0.2, 0.25) is 0 Å². The van der Waals surface area contributed by atoms with Crippen LogP contribution in [0.3, 0.4) is 0 Å². The predicted molar refractivity (Wildman–Crippen MR) is 344 cm³/mol. The summed E-state index contributed by atoms with van der Waals surface area (Å²) in [5, 5.41) is 0. The minimum atomic E-state index is -0.807. The normalized spacial score (nSPS) is 12.4. The maximum absolute atomic E-state index is 12.9. The third-order valence-electron chi connectivity index (χ3n) is 15.5. The molecule has 0 heterocycles. The molecule has 0 fully saturated rings. The Kier molecular flexibility index (Phi) is 65.1. The SMILES string of the molecule is CC/C=C\C/C=C\C/C=C\C/C=C\CCC(=O)OCC(COC(=O)CCCCCCCCCCCCCCCCCCCCCCCCCCCCCCCCCC)OC(=O)CCCCCCC/C=C\CCCCCCCCC. The lowest BCUT2D eigenvalue weighted by Crippen LogP contribution is -2.30. The second-order valence-corrected chi connectivity index (χ2v) is 23.4. The van der Waals surface area contributed by atoms with Crippen molar-refractivity contribution < 1.29 is 28.6 Å². The van der Waals surface area contributed by atoms with E-state index in [0.717, 1.165) is 77.0 Å². The smallest absolute Gasteiger partial charge is 0.306 e. The topological polar surface area (TPSA) is 78.9 Å². The molecule has 1 atom stereocenters. The van der Waals surface area contributed by atoms with Gasteiger partial charge in [-0.25, -0.2) is 0 Å². The van der Waals surface area contributed by atoms with Crippen molar-refractivity contribution in [2.24, 2.45) is 0 Å². The molecule has 0 spiro atoms. The lowest BCUT2D eigenvalue weighted by molar-refractivity contribution is -0.166. The van der Waals surface area contributed by atoms with Gasteiger partial charge in [-0.1, -0.05) is 338 Å². The van der Waals surface area contributed by atoms with Gasteiger partial charge in [-0.3, -0.25) is 14.4 Å². The van der Waals surface area contributed by atoms with Gasteiger partial charge >= 0.3 is 17.9 Å². The van der Waals surface area contributed by atoms with E-state index in [-0.39, 0.29) is 37.5 Å². The molecule has 0 amide bonds. The standard InChI is InChI=1S/C73H132O6/c1-4-7-10-13-16-19-22-25-27-29-30-31-32-33-34-35-36-37-38-39-40-41-42-43-44-46-48-51-54-57-60-63-66-72(75)78-69-70(68-77-71(74)65-62-59-56-53-50-47-24-21-18-15-12-9-6-3)79-73(76)67-64-61-58-55-52-49-45-28-26-23-20-17-14-11-8-5-2/h9,12,18,21,28,45,47,50,56,59,70H,4-8,10-11,13-17,19-20,22-27,29-44,46,48-49,51-55,57-58,60-69H2,1-3H3/b12-9-,21-18-,45-28-,50-47-,59-56-. The minimum Gasteiger partial charge on any atom is -0.462 e. The maximum atomic E-state index is 12.9. The van der Waals surface area contributed by atoms with Gasteiger partial charge in [-0.15, -0.1) is 0 Å². The zero-order valence-electron chi connectivity index (χ0n) is 52.9. The molecule has 0 saturated heterocycles. The quantitative estimate of drug-likeness (QED) is 0.0261. The summed E-state index contributed by atoms with van der Waals surface area (Å²) < 4.78 is 16.9. The van der Waals surface area contributed by atoms with Crippen molar-refractivity contribution >= 4 is 17.9 Å². The van der Waals surface area contributed by atoms with E-state index >= 15 is 0 Å². The summed E-state index contributed by atoms with van der Waals surface area (Å²) >= 11 is 0. The summed E-state index contributed by atoms with van der Waals surface area (Å²) in [4.78, 5) is 38.3. The summed E-state index contributed by atoms with van der Waals surface area (Å²) in [6.45, 7) is 6.50. The summed E-state index contributed by atoms with van der Waals surface area (Å²) in [5.74, 6) is -0.972. The number of rotatable bonds is 64. The van der Waals surface area contributed by atoms with Gasteiger partial charge in [0.2, 0.25) is 0 Å². The number of allylic oxidation sites excluding steroid dienone is 10. The third-order valence-corrected chi connectivity index (χ3v) is 15.5. The number of carbonyl (C=O) groups excluding carboxylic acids is 3. The number of hydrogen-bond donors (Lipinski definition) is 0. The highest BCUT2D eigenvalue weighted by atomic mass is 16.6. The minimum absolute atomic E-state index is 0.0964. The average molecular weight is 1110 g/mol. The van der Waals surface area contributed by atoms with Crippen molar-refractivity contribution in [3.8, 4) is 0 Å². The van der Waals surface area contributed by atoms with Crippen molar-refractivity contribution in [1.82, 2.24) is 0 Å². The van der Waals surface area contributed by atoms with Gasteiger partial charge in [0.25, 0.3) is 0 Å². The lowest BCUT2D eigenvalue weighted by Gasteiger charge is -2.18. The molecule has 1 unspecified atom stereocenters. The van der Waals surface area contributed by atoms with E-state index in [1.54, 1.807) is 0 Å². The Bertz CT molecular complexity index is 1410. The monoisotopic (exact) mass is 1110 g/mol. The van der Waals surface area contributed by atoms with Crippen molar-refractivity contribution in [2.45, 2.75) is 374 Å². The maximum Gasteiger partial charge on any atom is 0.306 e. The van der Waals surface area contributed by atoms with E-state index in [1.807, 2.05) is 6.08 Å². The summed E-state index contributed by atoms with van der Waals surface area (Å²) in [6.07, 6.45) is 87.2. The molecule has 0 aromatic carbocycles. The highest BCUT2D eigenvalue weighted by Crippen LogP contribution is 2.18. The molecule has 0 aliphatic heterocycles. The van der Waals surface area contributed by atoms with Crippen LogP contribution in [0.15, 0.2) is 60.8 Å². The molecule has 0 saturated carbocycles. The van der Waals surface area contributed by atoms with Crippen molar-refractivity contribution in [3.05, 3.63) is 60.8 Å². The highest BCUT2D eigenvalue weighted by Gasteiger charge is 2.19. The molecular weight excluding hydrogens is 973 g/mol. The Morgan fingerprint density at radius 3 is 0.848 bits per heavy atom. The molecule has 79 heavy (non-hydrogen) atoms. The molecule has 460 valence electrons. The van der Waals surface area contributed by atoms with Crippen LogP contribution in [0.25, 0.3) is 0 Å². The molecule has 0 aromatic heterocycles. The van der Waals surface area contributed by atoms with Crippen molar-refractivity contribution in [1.29, 1.82) is 0 Å². The predicted octanol–water partition coefficient (Wildman–Crippen LogP) is 23.9. The van der Waals surface area contributed by atoms with Crippen LogP contribution in [0.4, 0.5) is 0 Å². The Labute approximate surface area is 491 Å². The van der Waals surface area contributed by atoms with Gasteiger partial charge in [-0.2, -0.15) is 0 Å². The van der Waals surface area contributed by atoms with Gasteiger partial charge in [0, 0.05) is 19.3 Å². The number of ether oxygens (including phenoxy) is 3. The van der Waals surface area contributed by atoms with Crippen LogP contribution in [0.5, 0.6) is 0 Å². The summed E-state index contributed by atoms with van der Waals surface area (Å²) in [7, 11) is 0. The zero-order chi connectivity index (χ0) is 57.1. The highest BCUT2D eigenvalue weighted by molar-refractivity contribution is 5.71. The van der Waals surface area contributed by atoms with Crippen LogP contribution < -0.4 is 0 Å². The first kappa shape index (κ1) is 76.1. The van der Waals surface area contributed by atoms with Gasteiger partial charge < -0.3 is 14.2 Å². The zero-order valence-corrected chi connectivity index (χ0v) is 52.9. The molecule has 0 aliphatic carbocycles. The van der Waals surface area contributed by atoms with E-state index in [2.05, 4.69) is 75.5 Å². The number of esters is 3. The fourth-order valence-electron chi connectivity index (χ4n) is 10.3. The summed E-state index contributed by atoms with van der Waals surface area (Å²) in [6, 6.07) is 0. The second kappa shape index (κ2) is 67.6. The molecule has 6 heteroatoms. The Morgan fingerprint density at radius 2 is 0.519 bits per heavy atom. The van der Waals surface area contributed by atoms with Crippen LogP contribution in [-0.2, 0) is 28.6 Å². The van der Waals surface area contributed by atoms with E-state index in [4.69, 9.17) is 14.2 Å². The van der Waals surface area contributed by atoms with Gasteiger partial charge in [0.15, 0.2) is 6.10 Å². The molecule has 0 bridgehead atoms. The fraction of sp³-hybridized carbons (Fsp3) is 0.822. The van der Waals surface area contributed by atoms with Crippen LogP contribution in [0.1, 0.15) is 367 Å². The molecule has 0 N–H and O–H groups in total. The average Bonchev–Trinajstić information content (AvgIpc) is 3.45. The second-order valence-electron chi connectivity index (χ2n) is 23.4. The molecule has 0 rings (SSSR count). The van der Waals surface area contributed by atoms with Gasteiger partial charge in [-0.05, 0) is 70.6 Å². The number of unbranched alkanes of at least 4 members (excludes halogenated alkanes) is 43. The largest absolute Gasteiger partial charge is 0.462 e. The van der Waals surface area contributed by atoms with Crippen LogP contribution in [0, 0.1) is 0 Å². The first-order chi connectivity index (χ1) is 39.0. The van der Waals surface area contributed by atoms with Crippen LogP contribution in [-0.4, -0.2) is 37.2 Å². The Hall–Kier alpha value is -2.89. The lowest BCUT2D eigenvalue weighted by atomic mass is 10.0. The number of carbonyl (C=O) groups is 3. The third kappa shape index (κ3) is 65.8. The molecular formula is C73H132O6. The molecule has 0 aliphatic rings. The first-order valence-electron chi connectivity index (χ1n) is 34.8. The van der Waals surface area contributed by atoms with Gasteiger partial charge in [0.1, 0.15) is 13.2 Å². The van der Waals surface area contributed by atoms with E-state index in [0.29, 0.717) is 19.3 Å². The fourth-order valence-corrected chi connectivity index (χ4v) is 10.3. The Morgan fingerprint density at radius 1 is 0.266 bits per heavy atom. The van der Waals surface area contributed by atoms with E-state index < -0.39 is 6.10 Å². The van der Waals surface area contributed by atoms with Crippen LogP contribution >= 0.6 is 0 Å². The first-order valence-corrected chi connectivity index (χ1v) is 34.8. The van der Waals surface area contributed by atoms with Gasteiger partial charge in [0.05, 0.1) is 0 Å². The van der Waals surface area contributed by atoms with E-state index in [9.17, 15) is 14.4 Å². The number of hydrogen-bond acceptors (Lipinski definition) is 6. The Balaban J connectivity index is 4.14. The molecule has 0 aromatic rings. The molecule has 0 radical (unpaired) electrons. The van der Waals surface area contributed by atoms with E-state index in [1.165, 1.54) is 244 Å².